The molecule has 2 aromatic carbocycles. The minimum absolute atomic E-state index is 0.196. The summed E-state index contributed by atoms with van der Waals surface area (Å²) in [7, 11) is 0. The number of halogens is 1. The molecule has 0 saturated heterocycles. The van der Waals surface area contributed by atoms with Crippen molar-refractivity contribution in [3.05, 3.63) is 64.5 Å². The summed E-state index contributed by atoms with van der Waals surface area (Å²) in [5, 5.41) is 0. The highest BCUT2D eigenvalue weighted by molar-refractivity contribution is 5.36. The van der Waals surface area contributed by atoms with Gasteiger partial charge in [0.25, 0.3) is 0 Å². The molecule has 0 aliphatic heterocycles. The van der Waals surface area contributed by atoms with Crippen molar-refractivity contribution in [1.82, 2.24) is 0 Å². The molecule has 0 amide bonds. The van der Waals surface area contributed by atoms with Crippen molar-refractivity contribution in [2.45, 2.75) is 39.8 Å². The van der Waals surface area contributed by atoms with E-state index in [9.17, 15) is 4.39 Å². The minimum atomic E-state index is -0.265. The van der Waals surface area contributed by atoms with Crippen molar-refractivity contribution < 1.29 is 9.13 Å². The normalized spacial score (nSPS) is 11.0. The molecule has 2 aromatic rings. The van der Waals surface area contributed by atoms with Gasteiger partial charge in [0.1, 0.15) is 18.2 Å². The maximum absolute atomic E-state index is 13.4. The molecule has 0 fully saturated rings. The van der Waals surface area contributed by atoms with Gasteiger partial charge in [-0.3, -0.25) is 0 Å². The van der Waals surface area contributed by atoms with Gasteiger partial charge in [-0.25, -0.2) is 4.39 Å². The third-order valence-electron chi connectivity index (χ3n) is 3.60. The van der Waals surface area contributed by atoms with E-state index < -0.39 is 0 Å². The summed E-state index contributed by atoms with van der Waals surface area (Å²) in [5.41, 5.74) is 9.50. The average molecular weight is 287 g/mol. The van der Waals surface area contributed by atoms with Crippen LogP contribution in [-0.2, 0) is 13.2 Å². The molecule has 21 heavy (non-hydrogen) atoms. The zero-order valence-corrected chi connectivity index (χ0v) is 12.8. The summed E-state index contributed by atoms with van der Waals surface area (Å²) >= 11 is 0. The highest BCUT2D eigenvalue weighted by atomic mass is 19.1. The predicted octanol–water partition coefficient (Wildman–Crippen LogP) is 4.30. The fraction of sp³-hybridized carbons (Fsp3) is 0.333. The van der Waals surface area contributed by atoms with E-state index in [2.05, 4.69) is 26.8 Å². The summed E-state index contributed by atoms with van der Waals surface area (Å²) in [6.45, 7) is 7.05. The number of nitrogens with two attached hydrogens (primary N) is 1. The van der Waals surface area contributed by atoms with E-state index in [1.165, 1.54) is 17.2 Å². The molecule has 2 rings (SSSR count). The summed E-state index contributed by atoms with van der Waals surface area (Å²) in [5.74, 6) is 1.07. The molecule has 0 unspecified atom stereocenters. The van der Waals surface area contributed by atoms with Crippen LogP contribution in [0.25, 0.3) is 0 Å². The molecule has 0 bridgehead atoms. The van der Waals surface area contributed by atoms with E-state index in [0.29, 0.717) is 18.1 Å². The molecule has 0 atom stereocenters. The van der Waals surface area contributed by atoms with Gasteiger partial charge in [-0.1, -0.05) is 26.0 Å². The lowest BCUT2D eigenvalue weighted by molar-refractivity contribution is 0.305. The van der Waals surface area contributed by atoms with Gasteiger partial charge >= 0.3 is 0 Å². The van der Waals surface area contributed by atoms with Gasteiger partial charge in [-0.15, -0.1) is 0 Å². The Bertz CT molecular complexity index is 623. The van der Waals surface area contributed by atoms with Crippen LogP contribution in [0.15, 0.2) is 36.4 Å². The summed E-state index contributed by atoms with van der Waals surface area (Å²) < 4.78 is 19.2. The molecule has 0 radical (unpaired) electrons. The molecule has 0 saturated carbocycles. The van der Waals surface area contributed by atoms with Crippen LogP contribution < -0.4 is 10.5 Å². The highest BCUT2D eigenvalue weighted by Crippen LogP contribution is 2.24. The first-order chi connectivity index (χ1) is 10.0. The van der Waals surface area contributed by atoms with Crippen molar-refractivity contribution in [2.24, 2.45) is 5.73 Å². The second kappa shape index (κ2) is 6.72. The molecule has 0 aliphatic carbocycles. The highest BCUT2D eigenvalue weighted by Gasteiger charge is 2.06. The molecular formula is C18H22FNO. The molecule has 3 heteroatoms. The van der Waals surface area contributed by atoms with Crippen LogP contribution >= 0.6 is 0 Å². The van der Waals surface area contributed by atoms with Crippen molar-refractivity contribution in [1.29, 1.82) is 0 Å². The lowest BCUT2D eigenvalue weighted by Crippen LogP contribution is -2.03. The number of hydrogen-bond donors (Lipinski definition) is 1. The Hall–Kier alpha value is -1.87. The number of benzene rings is 2. The summed E-state index contributed by atoms with van der Waals surface area (Å²) in [6.07, 6.45) is 0. The van der Waals surface area contributed by atoms with Gasteiger partial charge in [0.2, 0.25) is 0 Å². The zero-order valence-electron chi connectivity index (χ0n) is 12.8. The molecule has 0 aromatic heterocycles. The molecule has 112 valence electrons. The SMILES string of the molecule is Cc1cc(OCc2ccc(F)c(CN)c2)ccc1C(C)C. The number of aryl methyl sites for hydroxylation is 1. The largest absolute Gasteiger partial charge is 0.489 e. The number of rotatable bonds is 5. The predicted molar refractivity (Wildman–Crippen MR) is 83.9 cm³/mol. The van der Waals surface area contributed by atoms with E-state index in [-0.39, 0.29) is 12.4 Å². The first-order valence-corrected chi connectivity index (χ1v) is 7.22. The van der Waals surface area contributed by atoms with E-state index in [0.717, 1.165) is 11.3 Å². The molecular weight excluding hydrogens is 265 g/mol. The van der Waals surface area contributed by atoms with Crippen LogP contribution in [0.1, 0.15) is 42.0 Å². The fourth-order valence-corrected chi connectivity index (χ4v) is 2.43. The monoisotopic (exact) mass is 287 g/mol. The fourth-order valence-electron chi connectivity index (χ4n) is 2.43. The van der Waals surface area contributed by atoms with Crippen LogP contribution in [0.5, 0.6) is 5.75 Å². The first kappa shape index (κ1) is 15.5. The molecule has 0 spiro atoms. The quantitative estimate of drug-likeness (QED) is 0.890. The summed E-state index contributed by atoms with van der Waals surface area (Å²) in [4.78, 5) is 0. The Morgan fingerprint density at radius 1 is 1.14 bits per heavy atom. The second-order valence-electron chi connectivity index (χ2n) is 5.59. The Labute approximate surface area is 125 Å². The molecule has 2 N–H and O–H groups in total. The third-order valence-corrected chi connectivity index (χ3v) is 3.60. The van der Waals surface area contributed by atoms with E-state index in [1.54, 1.807) is 12.1 Å². The zero-order chi connectivity index (χ0) is 15.4. The Balaban J connectivity index is 2.08. The van der Waals surface area contributed by atoms with Crippen LogP contribution in [0.2, 0.25) is 0 Å². The van der Waals surface area contributed by atoms with Crippen molar-refractivity contribution in [3.8, 4) is 5.75 Å². The Morgan fingerprint density at radius 2 is 1.90 bits per heavy atom. The molecule has 2 nitrogen and oxygen atoms in total. The molecule has 0 aliphatic rings. The smallest absolute Gasteiger partial charge is 0.127 e. The lowest BCUT2D eigenvalue weighted by atomic mass is 9.98. The summed E-state index contributed by atoms with van der Waals surface area (Å²) in [6, 6.07) is 11.0. The lowest BCUT2D eigenvalue weighted by Gasteiger charge is -2.13. The second-order valence-corrected chi connectivity index (χ2v) is 5.59. The number of hydrogen-bond acceptors (Lipinski definition) is 2. The van der Waals surface area contributed by atoms with Gasteiger partial charge in [-0.05, 0) is 53.8 Å². The standard InChI is InChI=1S/C18H22FNO/c1-12(2)17-6-5-16(8-13(17)3)21-11-14-4-7-18(19)15(9-14)10-20/h4-9,12H,10-11,20H2,1-3H3. The maximum atomic E-state index is 13.4. The van der Waals surface area contributed by atoms with Crippen molar-refractivity contribution >= 4 is 0 Å². The van der Waals surface area contributed by atoms with Gasteiger partial charge in [0.05, 0.1) is 0 Å². The topological polar surface area (TPSA) is 35.2 Å². The van der Waals surface area contributed by atoms with Gasteiger partial charge < -0.3 is 10.5 Å². The van der Waals surface area contributed by atoms with Crippen LogP contribution in [0.4, 0.5) is 4.39 Å². The Kier molecular flexibility index (Phi) is 4.97. The van der Waals surface area contributed by atoms with E-state index in [1.807, 2.05) is 12.1 Å². The first-order valence-electron chi connectivity index (χ1n) is 7.22. The maximum Gasteiger partial charge on any atom is 0.127 e. The molecule has 0 heterocycles. The Morgan fingerprint density at radius 3 is 2.52 bits per heavy atom. The van der Waals surface area contributed by atoms with E-state index in [4.69, 9.17) is 10.5 Å². The van der Waals surface area contributed by atoms with Gasteiger partial charge in [0, 0.05) is 12.1 Å². The van der Waals surface area contributed by atoms with Crippen molar-refractivity contribution in [3.63, 3.8) is 0 Å². The van der Waals surface area contributed by atoms with Gasteiger partial charge in [-0.2, -0.15) is 0 Å². The van der Waals surface area contributed by atoms with Crippen LogP contribution in [-0.4, -0.2) is 0 Å². The number of ether oxygens (including phenoxy) is 1. The van der Waals surface area contributed by atoms with E-state index >= 15 is 0 Å². The van der Waals surface area contributed by atoms with Crippen molar-refractivity contribution in [2.75, 3.05) is 0 Å². The van der Waals surface area contributed by atoms with Crippen LogP contribution in [0, 0.1) is 12.7 Å². The minimum Gasteiger partial charge on any atom is -0.489 e. The van der Waals surface area contributed by atoms with Crippen LogP contribution in [0.3, 0.4) is 0 Å². The van der Waals surface area contributed by atoms with Gasteiger partial charge in [0.15, 0.2) is 0 Å². The third kappa shape index (κ3) is 3.82. The average Bonchev–Trinajstić information content (AvgIpc) is 2.46.